The van der Waals surface area contributed by atoms with Crippen LogP contribution < -0.4 is 19.5 Å². The molecule has 0 saturated carbocycles. The van der Waals surface area contributed by atoms with Gasteiger partial charge in [0, 0.05) is 17.7 Å². The van der Waals surface area contributed by atoms with Gasteiger partial charge in [-0.05, 0) is 36.3 Å². The van der Waals surface area contributed by atoms with Crippen LogP contribution in [0.4, 0.5) is 0 Å². The molecule has 0 fully saturated rings. The molecule has 2 aliphatic rings. The van der Waals surface area contributed by atoms with Crippen LogP contribution in [0.25, 0.3) is 0 Å². The van der Waals surface area contributed by atoms with Gasteiger partial charge in [0.05, 0.1) is 43.9 Å². The second-order valence-corrected chi connectivity index (χ2v) is 7.75. The summed E-state index contributed by atoms with van der Waals surface area (Å²) in [5.41, 5.74) is 2.93. The van der Waals surface area contributed by atoms with Gasteiger partial charge in [-0.15, -0.1) is 11.8 Å². The minimum Gasteiger partial charge on any atom is -0.493 e. The number of hydrogen-bond donors (Lipinski definition) is 1. The molecule has 6 nitrogen and oxygen atoms in total. The molecule has 148 valence electrons. The van der Waals surface area contributed by atoms with Crippen molar-refractivity contribution in [2.24, 2.45) is 0 Å². The number of nitriles is 1. The van der Waals surface area contributed by atoms with E-state index in [1.54, 1.807) is 33.1 Å². The van der Waals surface area contributed by atoms with Gasteiger partial charge in [-0.3, -0.25) is 4.79 Å². The highest BCUT2D eigenvalue weighted by Gasteiger charge is 2.37. The molecule has 0 bridgehead atoms. The van der Waals surface area contributed by atoms with Gasteiger partial charge in [-0.25, -0.2) is 0 Å². The lowest BCUT2D eigenvalue weighted by atomic mass is 9.76. The van der Waals surface area contributed by atoms with Gasteiger partial charge in [0.15, 0.2) is 17.3 Å². The molecule has 0 saturated heterocycles. The standard InChI is InChI=1S/C21H24N2O4S/c1-5-28-21-13(11-22)18(19-14(23-21)7-6-8-15(19)24)12-9-16(25-2)20(27-4)17(10-12)26-3/h9-10,18,23H,5-8H2,1-4H3. The van der Waals surface area contributed by atoms with Crippen LogP contribution in [0, 0.1) is 11.3 Å². The third-order valence-electron chi connectivity index (χ3n) is 4.97. The van der Waals surface area contributed by atoms with Crippen LogP contribution >= 0.6 is 11.8 Å². The van der Waals surface area contributed by atoms with Gasteiger partial charge in [-0.2, -0.15) is 5.26 Å². The third kappa shape index (κ3) is 3.45. The fourth-order valence-corrected chi connectivity index (χ4v) is 4.59. The topological polar surface area (TPSA) is 80.6 Å². The van der Waals surface area contributed by atoms with Crippen molar-refractivity contribution in [2.75, 3.05) is 27.1 Å². The lowest BCUT2D eigenvalue weighted by Gasteiger charge is -2.33. The number of ketones is 1. The zero-order chi connectivity index (χ0) is 20.3. The molecule has 1 unspecified atom stereocenters. The maximum Gasteiger partial charge on any atom is 0.203 e. The molecule has 1 aliphatic carbocycles. The number of thioether (sulfide) groups is 1. The van der Waals surface area contributed by atoms with E-state index in [1.165, 1.54) is 0 Å². The minimum atomic E-state index is -0.447. The van der Waals surface area contributed by atoms with E-state index in [2.05, 4.69) is 11.4 Å². The van der Waals surface area contributed by atoms with Gasteiger partial charge in [0.1, 0.15) is 0 Å². The van der Waals surface area contributed by atoms with Crippen LogP contribution in [0.2, 0.25) is 0 Å². The van der Waals surface area contributed by atoms with Crippen molar-refractivity contribution in [3.8, 4) is 23.3 Å². The first-order chi connectivity index (χ1) is 13.6. The number of dihydropyridines is 1. The summed E-state index contributed by atoms with van der Waals surface area (Å²) in [6.07, 6.45) is 2.11. The van der Waals surface area contributed by atoms with Gasteiger partial charge >= 0.3 is 0 Å². The molecule has 3 rings (SSSR count). The summed E-state index contributed by atoms with van der Waals surface area (Å²) < 4.78 is 16.4. The molecule has 1 N–H and O–H groups in total. The number of hydrogen-bond acceptors (Lipinski definition) is 7. The number of nitrogens with zero attached hydrogens (tertiary/aromatic N) is 1. The van der Waals surface area contributed by atoms with E-state index in [4.69, 9.17) is 14.2 Å². The summed E-state index contributed by atoms with van der Waals surface area (Å²) in [6.45, 7) is 2.04. The second-order valence-electron chi connectivity index (χ2n) is 6.47. The molecule has 1 aliphatic heterocycles. The van der Waals surface area contributed by atoms with Gasteiger partial charge < -0.3 is 19.5 Å². The van der Waals surface area contributed by atoms with E-state index in [9.17, 15) is 10.1 Å². The van der Waals surface area contributed by atoms with E-state index in [-0.39, 0.29) is 5.78 Å². The van der Waals surface area contributed by atoms with Crippen molar-refractivity contribution in [2.45, 2.75) is 32.1 Å². The summed E-state index contributed by atoms with van der Waals surface area (Å²) in [7, 11) is 4.66. The average molecular weight is 401 g/mol. The first kappa shape index (κ1) is 20.2. The molecule has 1 aromatic rings. The Morgan fingerprint density at radius 1 is 1.18 bits per heavy atom. The van der Waals surface area contributed by atoms with Crippen molar-refractivity contribution in [3.05, 3.63) is 39.6 Å². The van der Waals surface area contributed by atoms with E-state index in [0.717, 1.165) is 34.9 Å². The van der Waals surface area contributed by atoms with Crippen LogP contribution in [0.3, 0.4) is 0 Å². The quantitative estimate of drug-likeness (QED) is 0.776. The van der Waals surface area contributed by atoms with Crippen molar-refractivity contribution < 1.29 is 19.0 Å². The molecule has 1 atom stereocenters. The second kappa shape index (κ2) is 8.61. The Kier molecular flexibility index (Phi) is 6.20. The Hall–Kier alpha value is -2.59. The fourth-order valence-electron chi connectivity index (χ4n) is 3.78. The normalized spacial score (nSPS) is 19.0. The summed E-state index contributed by atoms with van der Waals surface area (Å²) >= 11 is 1.58. The number of benzene rings is 1. The zero-order valence-corrected chi connectivity index (χ0v) is 17.4. The molecule has 28 heavy (non-hydrogen) atoms. The molecule has 7 heteroatoms. The largest absolute Gasteiger partial charge is 0.493 e. The molecule has 0 radical (unpaired) electrons. The van der Waals surface area contributed by atoms with Crippen LogP contribution in [0.15, 0.2) is 34.0 Å². The number of methoxy groups -OCH3 is 3. The molecular formula is C21H24N2O4S. The average Bonchev–Trinajstić information content (AvgIpc) is 2.72. The van der Waals surface area contributed by atoms with Gasteiger partial charge in [0.2, 0.25) is 5.75 Å². The minimum absolute atomic E-state index is 0.0841. The predicted molar refractivity (Wildman–Crippen MR) is 109 cm³/mol. The lowest BCUT2D eigenvalue weighted by Crippen LogP contribution is -2.31. The Morgan fingerprint density at radius 3 is 2.39 bits per heavy atom. The van der Waals surface area contributed by atoms with E-state index in [0.29, 0.717) is 34.8 Å². The highest BCUT2D eigenvalue weighted by molar-refractivity contribution is 8.03. The summed E-state index contributed by atoms with van der Waals surface area (Å²) in [5, 5.41) is 14.1. The Bertz CT molecular complexity index is 873. The van der Waals surface area contributed by atoms with E-state index < -0.39 is 5.92 Å². The number of allylic oxidation sites excluding steroid dienone is 3. The SMILES string of the molecule is CCSC1=C(C#N)C(c2cc(OC)c(OC)c(OC)c2)C2=C(CCCC2=O)N1. The number of carbonyl (C=O) groups excluding carboxylic acids is 1. The smallest absolute Gasteiger partial charge is 0.203 e. The van der Waals surface area contributed by atoms with Crippen molar-refractivity contribution in [1.29, 1.82) is 5.26 Å². The Balaban J connectivity index is 2.25. The van der Waals surface area contributed by atoms with Crippen molar-refractivity contribution in [3.63, 3.8) is 0 Å². The van der Waals surface area contributed by atoms with E-state index in [1.807, 2.05) is 19.1 Å². The predicted octanol–water partition coefficient (Wildman–Crippen LogP) is 3.89. The lowest BCUT2D eigenvalue weighted by molar-refractivity contribution is -0.116. The summed E-state index contributed by atoms with van der Waals surface area (Å²) in [5.74, 6) is 1.95. The van der Waals surface area contributed by atoms with Gasteiger partial charge in [0.25, 0.3) is 0 Å². The maximum absolute atomic E-state index is 12.8. The Labute approximate surface area is 169 Å². The monoisotopic (exact) mass is 400 g/mol. The number of nitrogens with one attached hydrogen (secondary N) is 1. The Morgan fingerprint density at radius 2 is 1.86 bits per heavy atom. The maximum atomic E-state index is 12.8. The highest BCUT2D eigenvalue weighted by Crippen LogP contribution is 2.48. The van der Waals surface area contributed by atoms with Crippen molar-refractivity contribution in [1.82, 2.24) is 5.32 Å². The zero-order valence-electron chi connectivity index (χ0n) is 16.5. The van der Waals surface area contributed by atoms with Crippen molar-refractivity contribution >= 4 is 17.5 Å². The summed E-state index contributed by atoms with van der Waals surface area (Å²) in [6, 6.07) is 6.00. The fraction of sp³-hybridized carbons (Fsp3) is 0.429. The highest BCUT2D eigenvalue weighted by atomic mass is 32.2. The number of Topliss-reactive ketones (excluding diaryl/α,β-unsaturated/α-hetero) is 1. The molecular weight excluding hydrogens is 376 g/mol. The van der Waals surface area contributed by atoms with Crippen LogP contribution in [0.5, 0.6) is 17.2 Å². The molecule has 0 spiro atoms. The first-order valence-corrected chi connectivity index (χ1v) is 10.2. The molecule has 0 aromatic heterocycles. The number of carbonyl (C=O) groups is 1. The molecule has 1 heterocycles. The molecule has 0 amide bonds. The van der Waals surface area contributed by atoms with Crippen LogP contribution in [-0.2, 0) is 4.79 Å². The van der Waals surface area contributed by atoms with Gasteiger partial charge in [-0.1, -0.05) is 6.92 Å². The third-order valence-corrected chi connectivity index (χ3v) is 5.87. The number of rotatable bonds is 6. The number of ether oxygens (including phenoxy) is 3. The van der Waals surface area contributed by atoms with Crippen LogP contribution in [-0.4, -0.2) is 32.9 Å². The molecule has 1 aromatic carbocycles. The van der Waals surface area contributed by atoms with E-state index >= 15 is 0 Å². The summed E-state index contributed by atoms with van der Waals surface area (Å²) in [4.78, 5) is 12.8. The van der Waals surface area contributed by atoms with Crippen LogP contribution in [0.1, 0.15) is 37.7 Å². The first-order valence-electron chi connectivity index (χ1n) is 9.19.